The fourth-order valence-corrected chi connectivity index (χ4v) is 3.90. The Kier molecular flexibility index (Phi) is 7.54. The molecule has 0 unspecified atom stereocenters. The maximum atomic E-state index is 12.8. The molecule has 9 nitrogen and oxygen atoms in total. The van der Waals surface area contributed by atoms with Gasteiger partial charge in [-0.3, -0.25) is 9.59 Å². The van der Waals surface area contributed by atoms with Crippen LogP contribution in [0.2, 0.25) is 0 Å². The lowest BCUT2D eigenvalue weighted by molar-refractivity contribution is -0.148. The fourth-order valence-electron chi connectivity index (χ4n) is 2.94. The van der Waals surface area contributed by atoms with Gasteiger partial charge in [0.25, 0.3) is 0 Å². The summed E-state index contributed by atoms with van der Waals surface area (Å²) in [5.41, 5.74) is 0. The van der Waals surface area contributed by atoms with E-state index < -0.39 is 45.5 Å². The summed E-state index contributed by atoms with van der Waals surface area (Å²) in [6, 6.07) is 4.21. The van der Waals surface area contributed by atoms with Gasteiger partial charge in [0.05, 0.1) is 18.4 Å². The normalized spacial score (nSPS) is 19.0. The van der Waals surface area contributed by atoms with Crippen molar-refractivity contribution in [2.75, 3.05) is 26.0 Å². The maximum absolute atomic E-state index is 12.8. The van der Waals surface area contributed by atoms with Crippen molar-refractivity contribution in [2.45, 2.75) is 30.6 Å². The number of carboxylic acid groups (broad SMARTS) is 1. The number of hydrogen-bond donors (Lipinski definition) is 2. The molecule has 2 amide bonds. The molecule has 0 aromatic heterocycles. The molecule has 0 spiro atoms. The van der Waals surface area contributed by atoms with Gasteiger partial charge in [0.1, 0.15) is 17.6 Å². The van der Waals surface area contributed by atoms with E-state index in [2.05, 4.69) is 5.32 Å². The second-order valence-electron chi connectivity index (χ2n) is 6.77. The molecule has 1 aromatic carbocycles. The van der Waals surface area contributed by atoms with E-state index in [4.69, 9.17) is 4.74 Å². The number of carbonyl (C=O) groups is 3. The molecule has 2 N–H and O–H groups in total. The number of ether oxygens (including phenoxy) is 1. The van der Waals surface area contributed by atoms with Crippen molar-refractivity contribution in [1.82, 2.24) is 10.2 Å². The van der Waals surface area contributed by atoms with Crippen LogP contribution >= 0.6 is 0 Å². The molecule has 2 rings (SSSR count). The van der Waals surface area contributed by atoms with Gasteiger partial charge in [-0.15, -0.1) is 0 Å². The lowest BCUT2D eigenvalue weighted by Gasteiger charge is -2.21. The number of hydrogen-bond acceptors (Lipinski definition) is 6. The molecule has 29 heavy (non-hydrogen) atoms. The molecule has 2 atom stereocenters. The number of nitrogens with one attached hydrogen (secondary N) is 1. The van der Waals surface area contributed by atoms with E-state index in [1.54, 1.807) is 0 Å². The molecule has 11 heteroatoms. The summed E-state index contributed by atoms with van der Waals surface area (Å²) < 4.78 is 41.5. The largest absolute Gasteiger partial charge is 0.494 e. The number of carboxylic acids is 1. The highest BCUT2D eigenvalue weighted by Gasteiger charge is 2.43. The lowest BCUT2D eigenvalue weighted by Crippen LogP contribution is -2.45. The number of likely N-dealkylation sites (tertiary alicyclic amines) is 1. The molecule has 0 radical (unpaired) electrons. The Balaban J connectivity index is 1.75. The van der Waals surface area contributed by atoms with Crippen LogP contribution < -0.4 is 10.1 Å². The Morgan fingerprint density at radius 1 is 1.28 bits per heavy atom. The molecular formula is C18H23FN2O7S. The molecule has 1 heterocycles. The molecule has 1 aromatic rings. The third-order valence-corrected chi connectivity index (χ3v) is 6.09. The highest BCUT2D eigenvalue weighted by atomic mass is 32.2. The van der Waals surface area contributed by atoms with Crippen molar-refractivity contribution in [3.05, 3.63) is 30.1 Å². The quantitative estimate of drug-likeness (QED) is 0.535. The Bertz CT molecular complexity index is 857. The zero-order chi connectivity index (χ0) is 21.6. The Hall–Kier alpha value is -2.69. The van der Waals surface area contributed by atoms with Crippen LogP contribution in [0, 0.1) is 5.82 Å². The average molecular weight is 430 g/mol. The van der Waals surface area contributed by atoms with Crippen LogP contribution in [0.15, 0.2) is 24.3 Å². The number of halogens is 1. The minimum absolute atomic E-state index is 0.0722. The Labute approximate surface area is 167 Å². The summed E-state index contributed by atoms with van der Waals surface area (Å²) in [4.78, 5) is 36.4. The molecule has 160 valence electrons. The van der Waals surface area contributed by atoms with Gasteiger partial charge in [-0.25, -0.2) is 17.6 Å². The number of nitrogens with zero attached hydrogens (tertiary/aromatic N) is 1. The minimum atomic E-state index is -3.49. The first kappa shape index (κ1) is 22.6. The predicted octanol–water partition coefficient (Wildman–Crippen LogP) is 0.200. The number of benzene rings is 1. The third-order valence-electron chi connectivity index (χ3n) is 4.54. The first-order chi connectivity index (χ1) is 13.6. The number of amides is 2. The second-order valence-corrected chi connectivity index (χ2v) is 9.10. The van der Waals surface area contributed by atoms with E-state index in [0.717, 1.165) is 11.2 Å². The van der Waals surface area contributed by atoms with Crippen molar-refractivity contribution in [3.63, 3.8) is 0 Å². The van der Waals surface area contributed by atoms with Crippen LogP contribution in [-0.2, 0) is 24.2 Å². The molecule has 1 saturated heterocycles. The van der Waals surface area contributed by atoms with Crippen LogP contribution in [0.5, 0.6) is 5.75 Å². The van der Waals surface area contributed by atoms with Gasteiger partial charge in [0.2, 0.25) is 11.8 Å². The van der Waals surface area contributed by atoms with Gasteiger partial charge in [0.15, 0.2) is 9.84 Å². The molecular weight excluding hydrogens is 407 g/mol. The highest BCUT2D eigenvalue weighted by molar-refractivity contribution is 7.91. The van der Waals surface area contributed by atoms with Crippen LogP contribution in [-0.4, -0.2) is 73.5 Å². The first-order valence-corrected chi connectivity index (χ1v) is 10.9. The topological polar surface area (TPSA) is 130 Å². The summed E-state index contributed by atoms with van der Waals surface area (Å²) in [5, 5.41) is 10.7. The summed E-state index contributed by atoms with van der Waals surface area (Å²) >= 11 is 0. The van der Waals surface area contributed by atoms with Gasteiger partial charge >= 0.3 is 5.97 Å². The molecule has 1 aliphatic rings. The molecule has 1 aliphatic heterocycles. The lowest BCUT2D eigenvalue weighted by atomic mass is 10.2. The van der Waals surface area contributed by atoms with E-state index in [0.29, 0.717) is 12.2 Å². The van der Waals surface area contributed by atoms with E-state index in [9.17, 15) is 32.3 Å². The van der Waals surface area contributed by atoms with Gasteiger partial charge in [0, 0.05) is 19.2 Å². The number of rotatable bonds is 9. The number of aliphatic carboxylic acids is 1. The standard InChI is InChI=1S/C18H23FN2O7S/c1-29(26,27)14-9-15(18(24)25)21(11-14)17(23)10-20-16(22)3-2-8-28-13-6-4-12(19)5-7-13/h4-7,14-15H,2-3,8-11H2,1H3,(H,20,22)(H,24,25)/t14-,15+/m1/s1. The van der Waals surface area contributed by atoms with Crippen molar-refractivity contribution < 1.29 is 37.0 Å². The third kappa shape index (κ3) is 6.70. The zero-order valence-corrected chi connectivity index (χ0v) is 16.7. The second kappa shape index (κ2) is 9.68. The molecule has 0 saturated carbocycles. The smallest absolute Gasteiger partial charge is 0.326 e. The molecule has 1 fully saturated rings. The average Bonchev–Trinajstić information content (AvgIpc) is 3.11. The van der Waals surface area contributed by atoms with Crippen molar-refractivity contribution in [1.29, 1.82) is 0 Å². The van der Waals surface area contributed by atoms with Gasteiger partial charge in [-0.1, -0.05) is 0 Å². The van der Waals surface area contributed by atoms with E-state index in [-0.39, 0.29) is 31.8 Å². The van der Waals surface area contributed by atoms with Crippen LogP contribution in [0.3, 0.4) is 0 Å². The van der Waals surface area contributed by atoms with Gasteiger partial charge in [-0.05, 0) is 37.1 Å². The summed E-state index contributed by atoms with van der Waals surface area (Å²) in [6.45, 7) is -0.413. The van der Waals surface area contributed by atoms with E-state index >= 15 is 0 Å². The Morgan fingerprint density at radius 3 is 2.52 bits per heavy atom. The minimum Gasteiger partial charge on any atom is -0.494 e. The summed E-state index contributed by atoms with van der Waals surface area (Å²) in [7, 11) is -3.49. The van der Waals surface area contributed by atoms with Crippen molar-refractivity contribution >= 4 is 27.6 Å². The van der Waals surface area contributed by atoms with Crippen LogP contribution in [0.1, 0.15) is 19.3 Å². The number of sulfone groups is 1. The molecule has 0 bridgehead atoms. The van der Waals surface area contributed by atoms with Crippen LogP contribution in [0.25, 0.3) is 0 Å². The van der Waals surface area contributed by atoms with E-state index in [1.807, 2.05) is 0 Å². The van der Waals surface area contributed by atoms with Crippen molar-refractivity contribution in [2.24, 2.45) is 0 Å². The van der Waals surface area contributed by atoms with Crippen LogP contribution in [0.4, 0.5) is 4.39 Å². The predicted molar refractivity (Wildman–Crippen MR) is 101 cm³/mol. The summed E-state index contributed by atoms with van der Waals surface area (Å²) in [5.74, 6) is -2.27. The van der Waals surface area contributed by atoms with Crippen molar-refractivity contribution in [3.8, 4) is 5.75 Å². The zero-order valence-electron chi connectivity index (χ0n) is 15.8. The number of carbonyl (C=O) groups excluding carboxylic acids is 2. The van der Waals surface area contributed by atoms with E-state index in [1.165, 1.54) is 24.3 Å². The molecule has 0 aliphatic carbocycles. The highest BCUT2D eigenvalue weighted by Crippen LogP contribution is 2.23. The van der Waals surface area contributed by atoms with Gasteiger partial charge in [-0.2, -0.15) is 0 Å². The first-order valence-electron chi connectivity index (χ1n) is 8.94. The monoisotopic (exact) mass is 430 g/mol. The SMILES string of the molecule is CS(=O)(=O)[C@@H]1C[C@@H](C(=O)O)N(C(=O)CNC(=O)CCCOc2ccc(F)cc2)C1. The summed E-state index contributed by atoms with van der Waals surface area (Å²) in [6.07, 6.45) is 1.26. The maximum Gasteiger partial charge on any atom is 0.326 e. The van der Waals surface area contributed by atoms with Gasteiger partial charge < -0.3 is 20.1 Å². The Morgan fingerprint density at radius 2 is 1.93 bits per heavy atom. The fraction of sp³-hybridized carbons (Fsp3) is 0.500.